The van der Waals surface area contributed by atoms with Gasteiger partial charge in [0.15, 0.2) is 0 Å². The maximum atomic E-state index is 13.0. The van der Waals surface area contributed by atoms with Crippen LogP contribution in [-0.2, 0) is 4.79 Å². The van der Waals surface area contributed by atoms with Crippen molar-refractivity contribution in [2.45, 2.75) is 73.6 Å². The number of nitrogens with one attached hydrogen (secondary N) is 1. The number of aryl methyl sites for hydroxylation is 1. The highest BCUT2D eigenvalue weighted by Crippen LogP contribution is 2.51. The zero-order valence-electron chi connectivity index (χ0n) is 21.6. The van der Waals surface area contributed by atoms with Gasteiger partial charge < -0.3 is 10.1 Å². The minimum atomic E-state index is -0.0817. The summed E-state index contributed by atoms with van der Waals surface area (Å²) in [6.07, 6.45) is 0.464. The second-order valence-electron chi connectivity index (χ2n) is 11.0. The Morgan fingerprint density at radius 3 is 2.38 bits per heavy atom. The van der Waals surface area contributed by atoms with Crippen LogP contribution in [0.25, 0.3) is 10.6 Å². The first-order valence-corrected chi connectivity index (χ1v) is 13.0. The molecule has 0 bridgehead atoms. The lowest BCUT2D eigenvalue weighted by molar-refractivity contribution is -0.117. The summed E-state index contributed by atoms with van der Waals surface area (Å²) in [6.45, 7) is 17.5. The van der Waals surface area contributed by atoms with Crippen LogP contribution in [0.15, 0.2) is 29.6 Å². The van der Waals surface area contributed by atoms with Crippen LogP contribution in [0.2, 0.25) is 0 Å². The topological polar surface area (TPSA) is 51.2 Å². The number of aromatic nitrogens is 1. The van der Waals surface area contributed by atoms with Crippen molar-refractivity contribution in [3.8, 4) is 16.3 Å². The molecule has 1 aliphatic rings. The van der Waals surface area contributed by atoms with E-state index in [1.54, 1.807) is 11.3 Å². The SMILES string of the molecule is Cc1csc(-c2c(C)c(NC(=O)CC(C)(C)C)c(C)c3c2OCC3c2ccc(C(C)C)cc2)n1. The standard InChI is InChI=1S/C29H36N2O2S/c1-16(2)20-9-11-21(12-10-20)22-14-33-27-24(22)18(4)26(31-23(32)13-29(6,7)8)19(5)25(27)28-30-17(3)15-34-28/h9-12,15-16,22H,13-14H2,1-8H3,(H,31,32). The molecule has 1 atom stereocenters. The highest BCUT2D eigenvalue weighted by molar-refractivity contribution is 7.13. The quantitative estimate of drug-likeness (QED) is 0.409. The van der Waals surface area contributed by atoms with Gasteiger partial charge in [0.25, 0.3) is 0 Å². The predicted octanol–water partition coefficient (Wildman–Crippen LogP) is 7.76. The third-order valence-electron chi connectivity index (χ3n) is 6.54. The number of fused-ring (bicyclic) bond motifs is 1. The van der Waals surface area contributed by atoms with Crippen molar-refractivity contribution in [2.75, 3.05) is 11.9 Å². The highest BCUT2D eigenvalue weighted by atomic mass is 32.1. The van der Waals surface area contributed by atoms with E-state index in [2.05, 4.69) is 83.4 Å². The average molecular weight is 477 g/mol. The minimum Gasteiger partial charge on any atom is -0.492 e. The molecule has 0 saturated heterocycles. The monoisotopic (exact) mass is 476 g/mol. The van der Waals surface area contributed by atoms with Gasteiger partial charge in [-0.15, -0.1) is 11.3 Å². The molecule has 1 unspecified atom stereocenters. The van der Waals surface area contributed by atoms with Crippen LogP contribution >= 0.6 is 11.3 Å². The Morgan fingerprint density at radius 2 is 1.82 bits per heavy atom. The summed E-state index contributed by atoms with van der Waals surface area (Å²) in [5.41, 5.74) is 8.65. The highest BCUT2D eigenvalue weighted by Gasteiger charge is 2.34. The Morgan fingerprint density at radius 1 is 1.15 bits per heavy atom. The molecule has 2 heterocycles. The smallest absolute Gasteiger partial charge is 0.224 e. The zero-order chi connectivity index (χ0) is 24.8. The fourth-order valence-electron chi connectivity index (χ4n) is 4.79. The lowest BCUT2D eigenvalue weighted by atomic mass is 9.85. The number of benzene rings is 2. The second-order valence-corrected chi connectivity index (χ2v) is 11.9. The number of carbonyl (C=O) groups is 1. The first-order valence-electron chi connectivity index (χ1n) is 12.1. The lowest BCUT2D eigenvalue weighted by Gasteiger charge is -2.23. The molecule has 34 heavy (non-hydrogen) atoms. The van der Waals surface area contributed by atoms with Crippen molar-refractivity contribution >= 4 is 22.9 Å². The van der Waals surface area contributed by atoms with Crippen molar-refractivity contribution in [2.24, 2.45) is 5.41 Å². The Bertz CT molecular complexity index is 1220. The van der Waals surface area contributed by atoms with Gasteiger partial charge in [-0.3, -0.25) is 4.79 Å². The Balaban J connectivity index is 1.86. The van der Waals surface area contributed by atoms with Gasteiger partial charge in [0.2, 0.25) is 5.91 Å². The number of carbonyl (C=O) groups excluding carboxylic acids is 1. The molecule has 0 saturated carbocycles. The van der Waals surface area contributed by atoms with E-state index < -0.39 is 0 Å². The summed E-state index contributed by atoms with van der Waals surface area (Å²) < 4.78 is 6.39. The van der Waals surface area contributed by atoms with Crippen molar-refractivity contribution < 1.29 is 9.53 Å². The number of hydrogen-bond donors (Lipinski definition) is 1. The van der Waals surface area contributed by atoms with E-state index in [9.17, 15) is 4.79 Å². The maximum absolute atomic E-state index is 13.0. The fraction of sp³-hybridized carbons (Fsp3) is 0.448. The summed E-state index contributed by atoms with van der Waals surface area (Å²) in [4.78, 5) is 17.8. The number of thiazole rings is 1. The Labute approximate surface area is 207 Å². The summed E-state index contributed by atoms with van der Waals surface area (Å²) in [7, 11) is 0. The molecule has 1 aromatic heterocycles. The number of anilines is 1. The number of ether oxygens (including phenoxy) is 1. The van der Waals surface area contributed by atoms with E-state index >= 15 is 0 Å². The predicted molar refractivity (Wildman–Crippen MR) is 142 cm³/mol. The van der Waals surface area contributed by atoms with Crippen LogP contribution in [-0.4, -0.2) is 17.5 Å². The van der Waals surface area contributed by atoms with E-state index in [-0.39, 0.29) is 17.2 Å². The molecular formula is C29H36N2O2S. The van der Waals surface area contributed by atoms with Gasteiger partial charge in [-0.1, -0.05) is 58.9 Å². The van der Waals surface area contributed by atoms with Gasteiger partial charge in [-0.2, -0.15) is 0 Å². The normalized spacial score (nSPS) is 15.4. The molecule has 1 aliphatic heterocycles. The van der Waals surface area contributed by atoms with Gasteiger partial charge in [-0.25, -0.2) is 4.98 Å². The van der Waals surface area contributed by atoms with Crippen LogP contribution < -0.4 is 10.1 Å². The number of amides is 1. The van der Waals surface area contributed by atoms with Crippen LogP contribution in [0.4, 0.5) is 5.69 Å². The average Bonchev–Trinajstić information content (AvgIpc) is 3.37. The third kappa shape index (κ3) is 4.76. The first-order chi connectivity index (χ1) is 16.0. The summed E-state index contributed by atoms with van der Waals surface area (Å²) >= 11 is 1.62. The molecule has 0 spiro atoms. The molecule has 5 heteroatoms. The van der Waals surface area contributed by atoms with Crippen LogP contribution in [0.3, 0.4) is 0 Å². The van der Waals surface area contributed by atoms with E-state index in [4.69, 9.17) is 9.72 Å². The molecule has 1 N–H and O–H groups in total. The number of rotatable bonds is 5. The molecule has 4 rings (SSSR count). The van der Waals surface area contributed by atoms with Crippen LogP contribution in [0.1, 0.15) is 86.4 Å². The van der Waals surface area contributed by atoms with Gasteiger partial charge in [0.05, 0.1) is 12.2 Å². The van der Waals surface area contributed by atoms with Gasteiger partial charge in [-0.05, 0) is 54.4 Å². The van der Waals surface area contributed by atoms with Gasteiger partial charge >= 0.3 is 0 Å². The molecule has 1 amide bonds. The van der Waals surface area contributed by atoms with Gasteiger partial charge in [0, 0.05) is 34.7 Å². The number of nitrogens with zero attached hydrogens (tertiary/aromatic N) is 1. The largest absolute Gasteiger partial charge is 0.492 e. The van der Waals surface area contributed by atoms with E-state index in [0.29, 0.717) is 18.9 Å². The summed E-state index contributed by atoms with van der Waals surface area (Å²) in [6, 6.07) is 8.89. The molecule has 2 aromatic carbocycles. The molecule has 0 aliphatic carbocycles. The summed E-state index contributed by atoms with van der Waals surface area (Å²) in [5, 5.41) is 6.26. The van der Waals surface area contributed by atoms with Crippen LogP contribution in [0, 0.1) is 26.2 Å². The maximum Gasteiger partial charge on any atom is 0.224 e. The number of hydrogen-bond acceptors (Lipinski definition) is 4. The van der Waals surface area contributed by atoms with Crippen LogP contribution in [0.5, 0.6) is 5.75 Å². The van der Waals surface area contributed by atoms with Crippen molar-refractivity contribution in [1.29, 1.82) is 0 Å². The molecular weight excluding hydrogens is 440 g/mol. The van der Waals surface area contributed by atoms with Crippen molar-refractivity contribution in [1.82, 2.24) is 4.98 Å². The second kappa shape index (κ2) is 9.18. The zero-order valence-corrected chi connectivity index (χ0v) is 22.4. The minimum absolute atomic E-state index is 0.0386. The molecule has 180 valence electrons. The molecule has 4 nitrogen and oxygen atoms in total. The first kappa shape index (κ1) is 24.5. The molecule has 0 radical (unpaired) electrons. The lowest BCUT2D eigenvalue weighted by Crippen LogP contribution is -2.21. The van der Waals surface area contributed by atoms with Crippen molar-refractivity contribution in [3.05, 3.63) is 63.2 Å². The third-order valence-corrected chi connectivity index (χ3v) is 7.51. The summed E-state index contributed by atoms with van der Waals surface area (Å²) in [5.74, 6) is 1.57. The van der Waals surface area contributed by atoms with Crippen molar-refractivity contribution in [3.63, 3.8) is 0 Å². The van der Waals surface area contributed by atoms with Gasteiger partial charge in [0.1, 0.15) is 10.8 Å². The van der Waals surface area contributed by atoms with E-state index in [1.165, 1.54) is 11.1 Å². The molecule has 3 aromatic rings. The van der Waals surface area contributed by atoms with E-state index in [1.807, 2.05) is 6.92 Å². The van der Waals surface area contributed by atoms with E-state index in [0.717, 1.165) is 44.4 Å². The Kier molecular flexibility index (Phi) is 6.61. The Hall–Kier alpha value is -2.66. The fourth-order valence-corrected chi connectivity index (χ4v) is 5.69. The molecule has 0 fully saturated rings.